The topological polar surface area (TPSA) is 63.2 Å². The van der Waals surface area contributed by atoms with E-state index in [1.807, 2.05) is 0 Å². The summed E-state index contributed by atoms with van der Waals surface area (Å²) in [7, 11) is 1.58. The molecule has 1 aromatic heterocycles. The Morgan fingerprint density at radius 2 is 2.44 bits per heavy atom. The quantitative estimate of drug-likeness (QED) is 0.771. The molecule has 1 amide bonds. The van der Waals surface area contributed by atoms with Crippen LogP contribution in [0.15, 0.2) is 18.3 Å². The van der Waals surface area contributed by atoms with Crippen LogP contribution in [0, 0.1) is 0 Å². The molecule has 2 N–H and O–H groups in total. The Morgan fingerprint density at radius 3 is 3.12 bits per heavy atom. The molecule has 0 aromatic carbocycles. The van der Waals surface area contributed by atoms with Gasteiger partial charge in [0.25, 0.3) is 0 Å². The molecule has 1 saturated carbocycles. The number of hydrogen-bond acceptors (Lipinski definition) is 4. The molecule has 0 radical (unpaired) electrons. The van der Waals surface area contributed by atoms with Gasteiger partial charge in [0.2, 0.25) is 5.91 Å². The second-order valence-electron chi connectivity index (χ2n) is 3.75. The van der Waals surface area contributed by atoms with E-state index in [1.165, 1.54) is 0 Å². The Kier molecular flexibility index (Phi) is 3.24. The minimum Gasteiger partial charge on any atom is -0.493 e. The van der Waals surface area contributed by atoms with Crippen LogP contribution in [-0.4, -0.2) is 30.6 Å². The van der Waals surface area contributed by atoms with Gasteiger partial charge in [-0.2, -0.15) is 0 Å². The van der Waals surface area contributed by atoms with E-state index in [9.17, 15) is 4.79 Å². The molecule has 1 aromatic rings. The van der Waals surface area contributed by atoms with E-state index >= 15 is 0 Å². The highest BCUT2D eigenvalue weighted by Crippen LogP contribution is 2.20. The number of hydrogen-bond donors (Lipinski definition) is 2. The first kappa shape index (κ1) is 10.7. The summed E-state index contributed by atoms with van der Waals surface area (Å²) in [4.78, 5) is 15.5. The average Bonchev–Trinajstić information content (AvgIpc) is 3.10. The number of pyridine rings is 1. The van der Waals surface area contributed by atoms with Gasteiger partial charge in [0.05, 0.1) is 13.7 Å². The van der Waals surface area contributed by atoms with Gasteiger partial charge in [-0.1, -0.05) is 0 Å². The van der Waals surface area contributed by atoms with Gasteiger partial charge in [0.1, 0.15) is 0 Å². The molecule has 0 atom stereocenters. The summed E-state index contributed by atoms with van der Waals surface area (Å²) in [6.45, 7) is 0.226. The van der Waals surface area contributed by atoms with Crippen LogP contribution in [0.5, 0.6) is 5.75 Å². The minimum absolute atomic E-state index is 0.00444. The molecule has 86 valence electrons. The Hall–Kier alpha value is -1.78. The largest absolute Gasteiger partial charge is 0.493 e. The van der Waals surface area contributed by atoms with Gasteiger partial charge >= 0.3 is 0 Å². The zero-order chi connectivity index (χ0) is 11.4. The molecule has 1 aliphatic rings. The lowest BCUT2D eigenvalue weighted by atomic mass is 10.4. The number of ether oxygens (including phenoxy) is 1. The fourth-order valence-corrected chi connectivity index (χ4v) is 1.36. The second kappa shape index (κ2) is 4.83. The number of amides is 1. The van der Waals surface area contributed by atoms with Crippen LogP contribution in [0.25, 0.3) is 0 Å². The van der Waals surface area contributed by atoms with E-state index in [4.69, 9.17) is 4.74 Å². The van der Waals surface area contributed by atoms with E-state index in [2.05, 4.69) is 15.6 Å². The molecule has 5 heteroatoms. The number of anilines is 1. The molecular weight excluding hydrogens is 206 g/mol. The molecule has 1 aliphatic carbocycles. The van der Waals surface area contributed by atoms with Crippen molar-refractivity contribution >= 4 is 11.7 Å². The van der Waals surface area contributed by atoms with E-state index in [1.54, 1.807) is 25.4 Å². The first-order valence-corrected chi connectivity index (χ1v) is 5.32. The van der Waals surface area contributed by atoms with Crippen molar-refractivity contribution in [1.29, 1.82) is 0 Å². The van der Waals surface area contributed by atoms with Crippen molar-refractivity contribution in [1.82, 2.24) is 10.3 Å². The number of carbonyl (C=O) groups excluding carboxylic acids is 1. The highest BCUT2D eigenvalue weighted by Gasteiger charge is 2.22. The summed E-state index contributed by atoms with van der Waals surface area (Å²) < 4.78 is 5.11. The van der Waals surface area contributed by atoms with Crippen molar-refractivity contribution in [3.8, 4) is 5.75 Å². The molecule has 5 nitrogen and oxygen atoms in total. The number of nitrogens with one attached hydrogen (secondary N) is 2. The highest BCUT2D eigenvalue weighted by atomic mass is 16.5. The Morgan fingerprint density at radius 1 is 1.62 bits per heavy atom. The van der Waals surface area contributed by atoms with E-state index in [0.29, 0.717) is 17.6 Å². The van der Waals surface area contributed by atoms with Crippen LogP contribution in [0.1, 0.15) is 12.8 Å². The number of methoxy groups -OCH3 is 1. The fraction of sp³-hybridized carbons (Fsp3) is 0.455. The molecule has 0 spiro atoms. The number of aromatic nitrogens is 1. The first-order chi connectivity index (χ1) is 7.79. The molecule has 2 rings (SSSR count). The zero-order valence-electron chi connectivity index (χ0n) is 9.19. The number of carbonyl (C=O) groups is 1. The lowest BCUT2D eigenvalue weighted by Gasteiger charge is -2.09. The van der Waals surface area contributed by atoms with Crippen LogP contribution in [0.3, 0.4) is 0 Å². The van der Waals surface area contributed by atoms with Crippen molar-refractivity contribution in [2.24, 2.45) is 0 Å². The maximum atomic E-state index is 11.4. The summed E-state index contributed by atoms with van der Waals surface area (Å²) in [6, 6.07) is 3.97. The van der Waals surface area contributed by atoms with Crippen LogP contribution >= 0.6 is 0 Å². The Labute approximate surface area is 94.2 Å². The van der Waals surface area contributed by atoms with Crippen molar-refractivity contribution in [2.45, 2.75) is 18.9 Å². The zero-order valence-corrected chi connectivity index (χ0v) is 9.19. The van der Waals surface area contributed by atoms with Gasteiger partial charge in [-0.05, 0) is 25.0 Å². The van der Waals surface area contributed by atoms with Gasteiger partial charge in [0, 0.05) is 12.2 Å². The van der Waals surface area contributed by atoms with E-state index in [-0.39, 0.29) is 12.5 Å². The molecule has 1 heterocycles. The molecule has 0 saturated heterocycles. The summed E-state index contributed by atoms with van der Waals surface area (Å²) in [5.41, 5.74) is 0. The van der Waals surface area contributed by atoms with Crippen molar-refractivity contribution in [3.63, 3.8) is 0 Å². The molecular formula is C11H15N3O2. The fourth-order valence-electron chi connectivity index (χ4n) is 1.36. The first-order valence-electron chi connectivity index (χ1n) is 5.32. The smallest absolute Gasteiger partial charge is 0.239 e. The average molecular weight is 221 g/mol. The van der Waals surface area contributed by atoms with Crippen LogP contribution in [-0.2, 0) is 4.79 Å². The predicted molar refractivity (Wildman–Crippen MR) is 60.4 cm³/mol. The third-order valence-electron chi connectivity index (χ3n) is 2.35. The second-order valence-corrected chi connectivity index (χ2v) is 3.75. The van der Waals surface area contributed by atoms with E-state index in [0.717, 1.165) is 12.8 Å². The molecule has 0 aliphatic heterocycles. The lowest BCUT2D eigenvalue weighted by Crippen LogP contribution is -2.31. The molecule has 0 bridgehead atoms. The SMILES string of the molecule is COc1cccnc1NCC(=O)NC1CC1. The third-order valence-corrected chi connectivity index (χ3v) is 2.35. The Balaban J connectivity index is 1.85. The van der Waals surface area contributed by atoms with Gasteiger partial charge in [-0.3, -0.25) is 4.79 Å². The lowest BCUT2D eigenvalue weighted by molar-refractivity contribution is -0.119. The maximum Gasteiger partial charge on any atom is 0.239 e. The molecule has 16 heavy (non-hydrogen) atoms. The van der Waals surface area contributed by atoms with Gasteiger partial charge in [-0.15, -0.1) is 0 Å². The maximum absolute atomic E-state index is 11.4. The standard InChI is InChI=1S/C11H15N3O2/c1-16-9-3-2-6-12-11(9)13-7-10(15)14-8-4-5-8/h2-3,6,8H,4-5,7H2,1H3,(H,12,13)(H,14,15). The van der Waals surface area contributed by atoms with Crippen molar-refractivity contribution in [3.05, 3.63) is 18.3 Å². The highest BCUT2D eigenvalue weighted by molar-refractivity contribution is 5.81. The minimum atomic E-state index is -0.00444. The van der Waals surface area contributed by atoms with E-state index < -0.39 is 0 Å². The number of rotatable bonds is 5. The normalized spacial score (nSPS) is 14.3. The number of nitrogens with zero attached hydrogens (tertiary/aromatic N) is 1. The molecule has 1 fully saturated rings. The third kappa shape index (κ3) is 2.85. The summed E-state index contributed by atoms with van der Waals surface area (Å²) >= 11 is 0. The summed E-state index contributed by atoms with van der Waals surface area (Å²) in [5.74, 6) is 1.23. The predicted octanol–water partition coefficient (Wildman–Crippen LogP) is 0.781. The summed E-state index contributed by atoms with van der Waals surface area (Å²) in [5, 5.41) is 5.84. The Bertz CT molecular complexity index is 377. The molecule has 0 unspecified atom stereocenters. The van der Waals surface area contributed by atoms with Gasteiger partial charge in [0.15, 0.2) is 11.6 Å². The summed E-state index contributed by atoms with van der Waals surface area (Å²) in [6.07, 6.45) is 3.85. The van der Waals surface area contributed by atoms with Crippen molar-refractivity contribution < 1.29 is 9.53 Å². The monoisotopic (exact) mass is 221 g/mol. The van der Waals surface area contributed by atoms with Crippen LogP contribution < -0.4 is 15.4 Å². The van der Waals surface area contributed by atoms with Gasteiger partial charge < -0.3 is 15.4 Å². The van der Waals surface area contributed by atoms with Crippen molar-refractivity contribution in [2.75, 3.05) is 19.0 Å². The van der Waals surface area contributed by atoms with Crippen LogP contribution in [0.2, 0.25) is 0 Å². The van der Waals surface area contributed by atoms with Crippen LogP contribution in [0.4, 0.5) is 5.82 Å². The van der Waals surface area contributed by atoms with Gasteiger partial charge in [-0.25, -0.2) is 4.98 Å².